The fourth-order valence-electron chi connectivity index (χ4n) is 4.65. The van der Waals surface area contributed by atoms with E-state index in [4.69, 9.17) is 9.47 Å². The van der Waals surface area contributed by atoms with Crippen LogP contribution < -0.4 is 20.7 Å². The van der Waals surface area contributed by atoms with Gasteiger partial charge >= 0.3 is 5.69 Å². The highest BCUT2D eigenvalue weighted by atomic mass is 32.2. The van der Waals surface area contributed by atoms with Crippen LogP contribution in [-0.4, -0.2) is 35.3 Å². The van der Waals surface area contributed by atoms with Crippen molar-refractivity contribution in [3.05, 3.63) is 55.9 Å². The lowest BCUT2D eigenvalue weighted by atomic mass is 9.95. The zero-order valence-corrected chi connectivity index (χ0v) is 18.8. The summed E-state index contributed by atoms with van der Waals surface area (Å²) in [4.78, 5) is 41.5. The van der Waals surface area contributed by atoms with E-state index >= 15 is 0 Å². The quantitative estimate of drug-likeness (QED) is 0.656. The first-order valence-corrected chi connectivity index (χ1v) is 11.8. The van der Waals surface area contributed by atoms with Crippen molar-refractivity contribution in [3.63, 3.8) is 0 Å². The molecule has 1 heterocycles. The number of hydrogen-bond donors (Lipinski definition) is 1. The molecular formula is C23H28N2O5S. The van der Waals surface area contributed by atoms with Crippen LogP contribution in [0.4, 0.5) is 0 Å². The molecule has 31 heavy (non-hydrogen) atoms. The summed E-state index contributed by atoms with van der Waals surface area (Å²) in [6.07, 6.45) is 6.45. The van der Waals surface area contributed by atoms with Crippen molar-refractivity contribution in [2.24, 2.45) is 0 Å². The summed E-state index contributed by atoms with van der Waals surface area (Å²) in [6.45, 7) is 0. The molecule has 7 nitrogen and oxygen atoms in total. The summed E-state index contributed by atoms with van der Waals surface area (Å²) in [6, 6.07) is 5.12. The van der Waals surface area contributed by atoms with E-state index in [0.29, 0.717) is 34.7 Å². The average molecular weight is 445 g/mol. The van der Waals surface area contributed by atoms with Gasteiger partial charge in [0, 0.05) is 28.1 Å². The second-order valence-electron chi connectivity index (χ2n) is 8.12. The summed E-state index contributed by atoms with van der Waals surface area (Å²) in [5.74, 6) is 1.31. The number of aromatic amines is 1. The van der Waals surface area contributed by atoms with Crippen molar-refractivity contribution in [3.8, 4) is 11.5 Å². The standard InChI is InChI=1S/C23H28N2O5S/c1-29-18-10-8-14(12-19(18)30-2)17(26)13-31-20-11-9-16-21(20)24-23(28)25(22(16)27)15-6-4-3-5-7-15/h8,10,12,15,20H,3-7,9,11,13H2,1-2H3,(H,24,28). The second-order valence-corrected chi connectivity index (χ2v) is 9.31. The molecule has 8 heteroatoms. The SMILES string of the molecule is COc1ccc(C(=O)CSC2CCc3c2[nH]c(=O)n(C2CCCCC2)c3=O)cc1OC. The minimum absolute atomic E-state index is 0.00799. The summed E-state index contributed by atoms with van der Waals surface area (Å²) in [5, 5.41) is -0.0551. The van der Waals surface area contributed by atoms with Gasteiger partial charge in [-0.1, -0.05) is 19.3 Å². The molecule has 0 aliphatic heterocycles. The highest BCUT2D eigenvalue weighted by Crippen LogP contribution is 2.39. The minimum Gasteiger partial charge on any atom is -0.493 e. The van der Waals surface area contributed by atoms with Crippen LogP contribution in [0.2, 0.25) is 0 Å². The minimum atomic E-state index is -0.311. The lowest BCUT2D eigenvalue weighted by Gasteiger charge is -2.23. The van der Waals surface area contributed by atoms with Crippen LogP contribution in [0, 0.1) is 0 Å². The average Bonchev–Trinajstić information content (AvgIpc) is 3.20. The largest absolute Gasteiger partial charge is 0.493 e. The molecule has 0 radical (unpaired) electrons. The van der Waals surface area contributed by atoms with Gasteiger partial charge in [0.25, 0.3) is 5.56 Å². The van der Waals surface area contributed by atoms with Crippen LogP contribution in [0.1, 0.15) is 71.4 Å². The Labute approximate surface area is 185 Å². The lowest BCUT2D eigenvalue weighted by molar-refractivity contribution is 0.102. The van der Waals surface area contributed by atoms with Crippen LogP contribution in [0.25, 0.3) is 0 Å². The number of fused-ring (bicyclic) bond motifs is 1. The van der Waals surface area contributed by atoms with Crippen molar-refractivity contribution in [1.82, 2.24) is 9.55 Å². The van der Waals surface area contributed by atoms with E-state index in [-0.39, 0.29) is 34.1 Å². The van der Waals surface area contributed by atoms with Gasteiger partial charge in [-0.3, -0.25) is 14.2 Å². The van der Waals surface area contributed by atoms with Gasteiger partial charge in [0.2, 0.25) is 0 Å². The van der Waals surface area contributed by atoms with E-state index in [1.54, 1.807) is 25.3 Å². The van der Waals surface area contributed by atoms with Crippen molar-refractivity contribution in [2.45, 2.75) is 56.2 Å². The van der Waals surface area contributed by atoms with Gasteiger partial charge in [-0.05, 0) is 43.9 Å². The molecule has 1 atom stereocenters. The Bertz CT molecular complexity index is 1080. The maximum atomic E-state index is 13.1. The maximum absolute atomic E-state index is 13.1. The van der Waals surface area contributed by atoms with Gasteiger partial charge in [0.1, 0.15) is 0 Å². The molecule has 2 aliphatic carbocycles. The normalized spacial score (nSPS) is 18.6. The van der Waals surface area contributed by atoms with Crippen molar-refractivity contribution in [1.29, 1.82) is 0 Å². The molecule has 0 spiro atoms. The first-order valence-electron chi connectivity index (χ1n) is 10.8. The number of methoxy groups -OCH3 is 2. The number of benzene rings is 1. The molecule has 1 unspecified atom stereocenters. The molecule has 1 fully saturated rings. The van der Waals surface area contributed by atoms with Crippen LogP contribution in [0.3, 0.4) is 0 Å². The molecule has 1 aromatic carbocycles. The highest BCUT2D eigenvalue weighted by Gasteiger charge is 2.30. The molecule has 1 aromatic heterocycles. The van der Waals surface area contributed by atoms with Crippen molar-refractivity contribution in [2.75, 3.05) is 20.0 Å². The number of carbonyl (C=O) groups excluding carboxylic acids is 1. The topological polar surface area (TPSA) is 90.4 Å². The predicted molar refractivity (Wildman–Crippen MR) is 121 cm³/mol. The molecule has 4 rings (SSSR count). The Morgan fingerprint density at radius 2 is 1.84 bits per heavy atom. The Hall–Kier alpha value is -2.48. The number of rotatable bonds is 7. The van der Waals surface area contributed by atoms with Crippen LogP contribution in [0.15, 0.2) is 27.8 Å². The molecule has 0 saturated heterocycles. The summed E-state index contributed by atoms with van der Waals surface area (Å²) in [5.41, 5.74) is 1.51. The summed E-state index contributed by atoms with van der Waals surface area (Å²) in [7, 11) is 3.09. The van der Waals surface area contributed by atoms with Gasteiger partial charge in [-0.15, -0.1) is 11.8 Å². The Morgan fingerprint density at radius 3 is 2.55 bits per heavy atom. The monoisotopic (exact) mass is 444 g/mol. The number of carbonyl (C=O) groups is 1. The van der Waals surface area contributed by atoms with Gasteiger partial charge in [0.15, 0.2) is 17.3 Å². The van der Waals surface area contributed by atoms with Crippen LogP contribution in [-0.2, 0) is 6.42 Å². The maximum Gasteiger partial charge on any atom is 0.328 e. The third-order valence-electron chi connectivity index (χ3n) is 6.30. The van der Waals surface area contributed by atoms with E-state index in [2.05, 4.69) is 4.98 Å². The molecule has 1 saturated carbocycles. The van der Waals surface area contributed by atoms with E-state index in [0.717, 1.165) is 32.1 Å². The van der Waals surface area contributed by atoms with Crippen molar-refractivity contribution >= 4 is 17.5 Å². The molecule has 2 aliphatic rings. The van der Waals surface area contributed by atoms with Gasteiger partial charge in [-0.25, -0.2) is 4.79 Å². The number of aromatic nitrogens is 2. The summed E-state index contributed by atoms with van der Waals surface area (Å²) >= 11 is 1.47. The first kappa shape index (κ1) is 21.7. The molecule has 0 bridgehead atoms. The van der Waals surface area contributed by atoms with E-state index in [1.807, 2.05) is 0 Å². The molecule has 1 N–H and O–H groups in total. The van der Waals surface area contributed by atoms with Gasteiger partial charge in [0.05, 0.1) is 20.0 Å². The lowest BCUT2D eigenvalue weighted by Crippen LogP contribution is -2.41. The smallest absolute Gasteiger partial charge is 0.328 e. The number of thioether (sulfide) groups is 1. The number of ketones is 1. The third kappa shape index (κ3) is 4.31. The van der Waals surface area contributed by atoms with Crippen molar-refractivity contribution < 1.29 is 14.3 Å². The molecular weight excluding hydrogens is 416 g/mol. The van der Waals surface area contributed by atoms with E-state index in [9.17, 15) is 14.4 Å². The number of Topliss-reactive ketones (excluding diaryl/α,β-unsaturated/α-hetero) is 1. The zero-order chi connectivity index (χ0) is 22.0. The highest BCUT2D eigenvalue weighted by molar-refractivity contribution is 8.00. The first-order chi connectivity index (χ1) is 15.0. The van der Waals surface area contributed by atoms with Crippen LogP contribution >= 0.6 is 11.8 Å². The fraction of sp³-hybridized carbons (Fsp3) is 0.522. The number of nitrogens with zero attached hydrogens (tertiary/aromatic N) is 1. The Balaban J connectivity index is 1.49. The summed E-state index contributed by atoms with van der Waals surface area (Å²) < 4.78 is 11.9. The van der Waals surface area contributed by atoms with E-state index < -0.39 is 0 Å². The second kappa shape index (κ2) is 9.34. The third-order valence-corrected chi connectivity index (χ3v) is 7.60. The number of H-pyrrole nitrogens is 1. The number of hydrogen-bond acceptors (Lipinski definition) is 6. The zero-order valence-electron chi connectivity index (χ0n) is 17.9. The van der Waals surface area contributed by atoms with Gasteiger partial charge < -0.3 is 14.5 Å². The van der Waals surface area contributed by atoms with Crippen LogP contribution in [0.5, 0.6) is 11.5 Å². The molecule has 166 valence electrons. The van der Waals surface area contributed by atoms with Gasteiger partial charge in [-0.2, -0.15) is 0 Å². The fourth-order valence-corrected chi connectivity index (χ4v) is 5.82. The number of ether oxygens (including phenoxy) is 2. The molecule has 0 amide bonds. The van der Waals surface area contributed by atoms with E-state index in [1.165, 1.54) is 29.9 Å². The Morgan fingerprint density at radius 1 is 1.10 bits per heavy atom. The predicted octanol–water partition coefficient (Wildman–Crippen LogP) is 3.66. The number of nitrogens with one attached hydrogen (secondary N) is 1. The Kier molecular flexibility index (Phi) is 6.55. The molecule has 2 aromatic rings.